The molecule has 9 nitrogen and oxygen atoms in total. The fraction of sp³-hybridized carbons (Fsp3) is 0.226. The number of sulfonamides is 1. The van der Waals surface area contributed by atoms with Crippen molar-refractivity contribution in [2.24, 2.45) is 5.92 Å². The van der Waals surface area contributed by atoms with Crippen molar-refractivity contribution in [2.45, 2.75) is 30.0 Å². The molecule has 0 N–H and O–H groups in total. The van der Waals surface area contributed by atoms with E-state index >= 15 is 0 Å². The number of halogens is 3. The molecule has 5 aromatic rings. The third-order valence-electron chi connectivity index (χ3n) is 7.70. The van der Waals surface area contributed by atoms with E-state index in [1.807, 2.05) is 0 Å². The summed E-state index contributed by atoms with van der Waals surface area (Å²) in [7, 11) is -1.27. The van der Waals surface area contributed by atoms with Crippen LogP contribution in [0, 0.1) is 5.92 Å². The first kappa shape index (κ1) is 29.3. The zero-order valence-corrected chi connectivity index (χ0v) is 24.3. The number of aromatic nitrogens is 2. The molecule has 13 heteroatoms. The van der Waals surface area contributed by atoms with E-state index < -0.39 is 33.6 Å². The number of benzene rings is 3. The zero-order chi connectivity index (χ0) is 31.2. The van der Waals surface area contributed by atoms with Crippen LogP contribution in [-0.4, -0.2) is 38.5 Å². The molecule has 0 bridgehead atoms. The van der Waals surface area contributed by atoms with Gasteiger partial charge in [0.15, 0.2) is 5.82 Å². The van der Waals surface area contributed by atoms with Crippen LogP contribution < -0.4 is 19.3 Å². The summed E-state index contributed by atoms with van der Waals surface area (Å²) < 4.78 is 85.6. The van der Waals surface area contributed by atoms with Crippen molar-refractivity contribution in [3.05, 3.63) is 107 Å². The second kappa shape index (κ2) is 11.1. The van der Waals surface area contributed by atoms with Crippen LogP contribution in [0.1, 0.15) is 23.5 Å². The fourth-order valence-corrected chi connectivity index (χ4v) is 6.75. The lowest BCUT2D eigenvalue weighted by atomic mass is 10.1. The van der Waals surface area contributed by atoms with Gasteiger partial charge < -0.3 is 14.0 Å². The molecule has 1 aliphatic rings. The molecule has 0 saturated heterocycles. The molecule has 2 unspecified atom stereocenters. The molecule has 228 valence electrons. The third-order valence-corrected chi connectivity index (χ3v) is 9.45. The van der Waals surface area contributed by atoms with Gasteiger partial charge in [-0.25, -0.2) is 12.7 Å². The van der Waals surface area contributed by atoms with Crippen LogP contribution in [0.3, 0.4) is 0 Å². The summed E-state index contributed by atoms with van der Waals surface area (Å²) >= 11 is 0. The standard InChI is InChI=1S/C31H26F3N3O6S/c1-41-22-7-3-19(4-8-22)18-36(29-13-14-43-35-29)44(39,40)23-9-11-26-21(15-23)6-12-30(38)37(26)27-10-5-20(16-28(27)42-2)24-17-25(24)31(32,33)34/h3-16,24-25H,17-18H2,1-2H3. The molecule has 1 fully saturated rings. The van der Waals surface area contributed by atoms with E-state index in [1.54, 1.807) is 36.4 Å². The molecule has 0 spiro atoms. The van der Waals surface area contributed by atoms with Gasteiger partial charge in [0.05, 0.1) is 42.8 Å². The third kappa shape index (κ3) is 5.39. The number of rotatable bonds is 9. The molecular formula is C31H26F3N3O6S. The number of methoxy groups -OCH3 is 2. The van der Waals surface area contributed by atoms with Crippen molar-refractivity contribution >= 4 is 26.7 Å². The van der Waals surface area contributed by atoms with Crippen LogP contribution in [0.2, 0.25) is 0 Å². The minimum absolute atomic E-state index is 0.00128. The second-order valence-corrected chi connectivity index (χ2v) is 12.2. The van der Waals surface area contributed by atoms with E-state index in [2.05, 4.69) is 5.16 Å². The van der Waals surface area contributed by atoms with Gasteiger partial charge in [-0.15, -0.1) is 0 Å². The Morgan fingerprint density at radius 3 is 2.39 bits per heavy atom. The second-order valence-electron chi connectivity index (χ2n) is 10.4. The number of pyridine rings is 1. The smallest absolute Gasteiger partial charge is 0.392 e. The molecule has 2 atom stereocenters. The van der Waals surface area contributed by atoms with Gasteiger partial charge in [0, 0.05) is 17.5 Å². The monoisotopic (exact) mass is 625 g/mol. The number of ether oxygens (including phenoxy) is 2. The van der Waals surface area contributed by atoms with Gasteiger partial charge >= 0.3 is 6.18 Å². The van der Waals surface area contributed by atoms with Crippen LogP contribution in [0.5, 0.6) is 11.5 Å². The molecule has 0 amide bonds. The highest BCUT2D eigenvalue weighted by Gasteiger charge is 2.56. The number of nitrogens with zero attached hydrogens (tertiary/aromatic N) is 3. The number of hydrogen-bond donors (Lipinski definition) is 0. The van der Waals surface area contributed by atoms with Crippen molar-refractivity contribution in [1.29, 1.82) is 0 Å². The Hall–Kier alpha value is -4.78. The predicted molar refractivity (Wildman–Crippen MR) is 156 cm³/mol. The average molecular weight is 626 g/mol. The number of hydrogen-bond acceptors (Lipinski definition) is 7. The molecule has 1 saturated carbocycles. The van der Waals surface area contributed by atoms with Crippen molar-refractivity contribution in [2.75, 3.05) is 18.5 Å². The van der Waals surface area contributed by atoms with Gasteiger partial charge in [-0.05, 0) is 72.0 Å². The molecule has 6 rings (SSSR count). The molecule has 44 heavy (non-hydrogen) atoms. The molecule has 0 radical (unpaired) electrons. The zero-order valence-electron chi connectivity index (χ0n) is 23.5. The maximum atomic E-state index is 14.0. The van der Waals surface area contributed by atoms with Gasteiger partial charge in [0.2, 0.25) is 0 Å². The first-order valence-electron chi connectivity index (χ1n) is 13.5. The molecule has 2 aromatic heterocycles. The van der Waals surface area contributed by atoms with Crippen LogP contribution in [-0.2, 0) is 16.6 Å². The van der Waals surface area contributed by atoms with Crippen LogP contribution in [0.25, 0.3) is 16.6 Å². The predicted octanol–water partition coefficient (Wildman–Crippen LogP) is 6.06. The summed E-state index contributed by atoms with van der Waals surface area (Å²) in [6, 6.07) is 20.1. The van der Waals surface area contributed by atoms with Crippen LogP contribution >= 0.6 is 0 Å². The van der Waals surface area contributed by atoms with Gasteiger partial charge in [-0.2, -0.15) is 13.2 Å². The summed E-state index contributed by atoms with van der Waals surface area (Å²) in [4.78, 5) is 13.1. The molecule has 1 aliphatic carbocycles. The summed E-state index contributed by atoms with van der Waals surface area (Å²) in [6.07, 6.45) is -3.00. The average Bonchev–Trinajstić information content (AvgIpc) is 3.67. The number of anilines is 1. The summed E-state index contributed by atoms with van der Waals surface area (Å²) in [5.41, 5.74) is 1.41. The first-order valence-corrected chi connectivity index (χ1v) is 14.9. The van der Waals surface area contributed by atoms with E-state index in [0.717, 1.165) is 4.31 Å². The van der Waals surface area contributed by atoms with Crippen molar-refractivity contribution < 1.29 is 35.6 Å². The quantitative estimate of drug-likeness (QED) is 0.196. The summed E-state index contributed by atoms with van der Waals surface area (Å²) in [5, 5.41) is 4.28. The van der Waals surface area contributed by atoms with Crippen molar-refractivity contribution in [3.63, 3.8) is 0 Å². The Kier molecular flexibility index (Phi) is 7.36. The number of alkyl halides is 3. The Labute approximate surface area is 250 Å². The Morgan fingerprint density at radius 2 is 1.75 bits per heavy atom. The Balaban J connectivity index is 1.39. The highest BCUT2D eigenvalue weighted by Crippen LogP contribution is 2.56. The van der Waals surface area contributed by atoms with Gasteiger partial charge in [-0.1, -0.05) is 23.4 Å². The maximum absolute atomic E-state index is 14.0. The van der Waals surface area contributed by atoms with E-state index in [4.69, 9.17) is 14.0 Å². The largest absolute Gasteiger partial charge is 0.497 e. The van der Waals surface area contributed by atoms with E-state index in [9.17, 15) is 26.4 Å². The van der Waals surface area contributed by atoms with Crippen molar-refractivity contribution in [3.8, 4) is 17.2 Å². The lowest BCUT2D eigenvalue weighted by Crippen LogP contribution is -2.31. The first-order chi connectivity index (χ1) is 21.0. The maximum Gasteiger partial charge on any atom is 0.392 e. The highest BCUT2D eigenvalue weighted by molar-refractivity contribution is 7.92. The molecular weight excluding hydrogens is 599 g/mol. The van der Waals surface area contributed by atoms with Gasteiger partial charge in [0.25, 0.3) is 15.6 Å². The van der Waals surface area contributed by atoms with Crippen LogP contribution in [0.4, 0.5) is 19.0 Å². The molecule has 0 aliphatic heterocycles. The minimum atomic E-state index is -4.28. The summed E-state index contributed by atoms with van der Waals surface area (Å²) in [5.74, 6) is -1.15. The van der Waals surface area contributed by atoms with Crippen molar-refractivity contribution in [1.82, 2.24) is 9.72 Å². The highest BCUT2D eigenvalue weighted by atomic mass is 32.2. The lowest BCUT2D eigenvalue weighted by Gasteiger charge is -2.22. The molecule has 2 heterocycles. The Bertz CT molecular complexity index is 1990. The normalized spacial score (nSPS) is 16.6. The molecule has 3 aromatic carbocycles. The van der Waals surface area contributed by atoms with Gasteiger partial charge in [-0.3, -0.25) is 9.36 Å². The van der Waals surface area contributed by atoms with Crippen LogP contribution in [0.15, 0.2) is 99.3 Å². The van der Waals surface area contributed by atoms with E-state index in [0.29, 0.717) is 33.5 Å². The fourth-order valence-electron chi connectivity index (χ4n) is 5.32. The summed E-state index contributed by atoms with van der Waals surface area (Å²) in [6.45, 7) is -0.0455. The topological polar surface area (TPSA) is 104 Å². The van der Waals surface area contributed by atoms with E-state index in [-0.39, 0.29) is 29.4 Å². The minimum Gasteiger partial charge on any atom is -0.497 e. The SMILES string of the molecule is COc1ccc(CN(c2ccon2)S(=O)(=O)c2ccc3c(ccc(=O)n3-c3ccc(C4CC4C(F)(F)F)cc3OC)c2)cc1. The Morgan fingerprint density at radius 1 is 0.977 bits per heavy atom. The lowest BCUT2D eigenvalue weighted by molar-refractivity contribution is -0.148. The van der Waals surface area contributed by atoms with E-state index in [1.165, 1.54) is 67.5 Å². The number of fused-ring (bicyclic) bond motifs is 1. The van der Waals surface area contributed by atoms with Gasteiger partial charge in [0.1, 0.15) is 17.8 Å².